The molecule has 7 nitrogen and oxygen atoms in total. The average Bonchev–Trinajstić information content (AvgIpc) is 2.17. The van der Waals surface area contributed by atoms with Crippen molar-refractivity contribution in [1.82, 2.24) is 4.72 Å². The van der Waals surface area contributed by atoms with Gasteiger partial charge in [0.1, 0.15) is 0 Å². The highest BCUT2D eigenvalue weighted by atomic mass is 32.2. The number of isocyanates is 1. The third-order valence-electron chi connectivity index (χ3n) is 1.57. The predicted molar refractivity (Wildman–Crippen MR) is 60.1 cm³/mol. The number of sulfonamides is 1. The van der Waals surface area contributed by atoms with Crippen molar-refractivity contribution in [1.29, 1.82) is 0 Å². The maximum absolute atomic E-state index is 11.3. The van der Waals surface area contributed by atoms with Crippen molar-refractivity contribution in [2.45, 2.75) is 11.8 Å². The van der Waals surface area contributed by atoms with Gasteiger partial charge < -0.3 is 11.1 Å². The molecule has 0 unspecified atom stereocenters. The molecule has 0 aromatic heterocycles. The van der Waals surface area contributed by atoms with Crippen LogP contribution in [0.4, 0.5) is 4.79 Å². The second kappa shape index (κ2) is 6.41. The van der Waals surface area contributed by atoms with E-state index in [-0.39, 0.29) is 4.90 Å². The van der Waals surface area contributed by atoms with Crippen LogP contribution in [0.25, 0.3) is 5.41 Å². The number of primary amides is 1. The summed E-state index contributed by atoms with van der Waals surface area (Å²) >= 11 is 0. The lowest BCUT2D eigenvalue weighted by atomic mass is 10.2. The number of carbonyl (C=O) groups excluding carboxylic acids is 2. The fourth-order valence-corrected chi connectivity index (χ4v) is 1.79. The summed E-state index contributed by atoms with van der Waals surface area (Å²) in [5.74, 6) is 0. The van der Waals surface area contributed by atoms with Crippen LogP contribution in [-0.4, -0.2) is 20.5 Å². The highest BCUT2D eigenvalue weighted by Gasteiger charge is 2.14. The van der Waals surface area contributed by atoms with Crippen LogP contribution in [-0.2, 0) is 14.8 Å². The van der Waals surface area contributed by atoms with Gasteiger partial charge in [0, 0.05) is 0 Å². The molecule has 1 rings (SSSR count). The third kappa shape index (κ3) is 5.45. The molecule has 0 saturated heterocycles. The first-order valence-electron chi connectivity index (χ1n) is 4.23. The molecular formula is C9H10N3O4S-. The number of hydrogen-bond acceptors (Lipinski definition) is 4. The predicted octanol–water partition coefficient (Wildman–Crippen LogP) is 0.244. The number of aryl methyl sites for hydroxylation is 1. The molecule has 0 fully saturated rings. The zero-order chi connectivity index (χ0) is 13.5. The van der Waals surface area contributed by atoms with Crippen molar-refractivity contribution in [2.75, 3.05) is 0 Å². The second-order valence-electron chi connectivity index (χ2n) is 2.87. The van der Waals surface area contributed by atoms with Crippen molar-refractivity contribution < 1.29 is 18.0 Å². The number of benzene rings is 1. The Bertz CT molecular complexity index is 516. The second-order valence-corrected chi connectivity index (χ2v) is 4.56. The quantitative estimate of drug-likeness (QED) is 0.580. The van der Waals surface area contributed by atoms with Crippen molar-refractivity contribution in [3.63, 3.8) is 0 Å². The zero-order valence-electron chi connectivity index (χ0n) is 8.88. The maximum Gasteiger partial charge on any atom is 0.326 e. The third-order valence-corrected chi connectivity index (χ3v) is 2.93. The van der Waals surface area contributed by atoms with E-state index in [1.165, 1.54) is 12.1 Å². The summed E-state index contributed by atoms with van der Waals surface area (Å²) in [5.41, 5.74) is 5.65. The van der Waals surface area contributed by atoms with Gasteiger partial charge in [0.2, 0.25) is 0 Å². The summed E-state index contributed by atoms with van der Waals surface area (Å²) < 4.78 is 24.3. The molecule has 17 heavy (non-hydrogen) atoms. The number of rotatable bonds is 2. The minimum atomic E-state index is -3.80. The topological polar surface area (TPSA) is 129 Å². The van der Waals surface area contributed by atoms with E-state index < -0.39 is 16.1 Å². The van der Waals surface area contributed by atoms with Crippen LogP contribution in [0, 0.1) is 6.92 Å². The van der Waals surface area contributed by atoms with E-state index in [4.69, 9.17) is 15.9 Å². The molecule has 0 atom stereocenters. The SMILES string of the molecule is Cc1ccc(S(=O)(=O)NC(N)=O)cc1.[N-]=C=O. The highest BCUT2D eigenvalue weighted by Crippen LogP contribution is 2.09. The van der Waals surface area contributed by atoms with Crippen LogP contribution in [0.1, 0.15) is 5.56 Å². The number of hydrogen-bond donors (Lipinski definition) is 2. The Kier molecular flexibility index (Phi) is 5.59. The summed E-state index contributed by atoms with van der Waals surface area (Å²) in [6.45, 7) is 1.83. The molecule has 1 aromatic rings. The average molecular weight is 256 g/mol. The van der Waals surface area contributed by atoms with E-state index in [1.54, 1.807) is 16.9 Å². The van der Waals surface area contributed by atoms with Crippen LogP contribution in [0.3, 0.4) is 0 Å². The van der Waals surface area contributed by atoms with Gasteiger partial charge in [-0.15, -0.1) is 0 Å². The van der Waals surface area contributed by atoms with Crippen molar-refractivity contribution >= 4 is 22.1 Å². The van der Waals surface area contributed by atoms with Gasteiger partial charge in [0.05, 0.1) is 4.90 Å². The Balaban J connectivity index is 0.000000770. The lowest BCUT2D eigenvalue weighted by Crippen LogP contribution is -2.34. The molecule has 0 aliphatic heterocycles. The minimum absolute atomic E-state index is 0.0156. The highest BCUT2D eigenvalue weighted by molar-refractivity contribution is 7.90. The van der Waals surface area contributed by atoms with E-state index in [1.807, 2.05) is 6.92 Å². The van der Waals surface area contributed by atoms with E-state index in [9.17, 15) is 13.2 Å². The number of nitrogens with one attached hydrogen (secondary N) is 1. The first kappa shape index (κ1) is 14.8. The summed E-state index contributed by atoms with van der Waals surface area (Å²) in [7, 11) is -3.80. The molecule has 2 amide bonds. The molecule has 0 bridgehead atoms. The van der Waals surface area contributed by atoms with E-state index in [0.717, 1.165) is 5.56 Å². The number of nitrogens with zero attached hydrogens (tertiary/aromatic N) is 1. The van der Waals surface area contributed by atoms with E-state index in [0.29, 0.717) is 6.08 Å². The van der Waals surface area contributed by atoms with Crippen molar-refractivity contribution in [3.8, 4) is 0 Å². The molecule has 8 heteroatoms. The monoisotopic (exact) mass is 256 g/mol. The summed E-state index contributed by atoms with van der Waals surface area (Å²) in [5, 5.41) is 6.76. The Morgan fingerprint density at radius 3 is 2.12 bits per heavy atom. The smallest absolute Gasteiger partial charge is 0.326 e. The molecule has 0 aliphatic carbocycles. The molecule has 92 valence electrons. The number of urea groups is 1. The molecule has 0 aliphatic rings. The first-order valence-corrected chi connectivity index (χ1v) is 5.72. The fourth-order valence-electron chi connectivity index (χ4n) is 0.909. The molecule has 0 heterocycles. The number of nitrogens with two attached hydrogens (primary N) is 1. The van der Waals surface area contributed by atoms with Crippen LogP contribution in [0.5, 0.6) is 0 Å². The van der Waals surface area contributed by atoms with Crippen LogP contribution < -0.4 is 10.5 Å². The van der Waals surface area contributed by atoms with Crippen molar-refractivity contribution in [2.24, 2.45) is 5.73 Å². The number of carbonyl (C=O) groups is 1. The van der Waals surface area contributed by atoms with Crippen molar-refractivity contribution in [3.05, 3.63) is 35.2 Å². The summed E-state index contributed by atoms with van der Waals surface area (Å²) in [6, 6.07) is 4.98. The normalized spacial score (nSPS) is 9.47. The summed E-state index contributed by atoms with van der Waals surface area (Å²) in [6.07, 6.45) is 0.500. The molecule has 0 saturated carbocycles. The van der Waals surface area contributed by atoms with Gasteiger partial charge >= 0.3 is 6.03 Å². The Hall–Kier alpha value is -2.18. The van der Waals surface area contributed by atoms with Crippen LogP contribution >= 0.6 is 0 Å². The molecule has 0 spiro atoms. The van der Waals surface area contributed by atoms with Crippen LogP contribution in [0.15, 0.2) is 29.2 Å². The largest absolute Gasteiger partial charge is 0.724 e. The Morgan fingerprint density at radius 2 is 1.76 bits per heavy atom. The van der Waals surface area contributed by atoms with Gasteiger partial charge in [0.25, 0.3) is 10.0 Å². The van der Waals surface area contributed by atoms with E-state index >= 15 is 0 Å². The lowest BCUT2D eigenvalue weighted by Gasteiger charge is -2.03. The lowest BCUT2D eigenvalue weighted by molar-refractivity contribution is 0.253. The van der Waals surface area contributed by atoms with Gasteiger partial charge in [-0.05, 0) is 25.1 Å². The molecule has 3 N–H and O–H groups in total. The molecular weight excluding hydrogens is 246 g/mol. The minimum Gasteiger partial charge on any atom is -0.724 e. The first-order chi connectivity index (χ1) is 7.83. The van der Waals surface area contributed by atoms with Crippen LogP contribution in [0.2, 0.25) is 0 Å². The van der Waals surface area contributed by atoms with Gasteiger partial charge in [0.15, 0.2) is 0 Å². The maximum atomic E-state index is 11.3. The van der Waals surface area contributed by atoms with Gasteiger partial charge in [-0.2, -0.15) is 0 Å². The molecule has 0 radical (unpaired) electrons. The zero-order valence-corrected chi connectivity index (χ0v) is 9.69. The van der Waals surface area contributed by atoms with Gasteiger partial charge in [-0.1, -0.05) is 17.7 Å². The standard InChI is InChI=1S/C8H10N2O3S.CNO/c1-6-2-4-7(5-3-6)14(12,13)10-8(9)11;2-1-3/h2-5H,1H3,(H3,9,10,11);/q;-1. The summed E-state index contributed by atoms with van der Waals surface area (Å²) in [4.78, 5) is 18.6. The van der Waals surface area contributed by atoms with E-state index in [2.05, 4.69) is 0 Å². The molecule has 1 aromatic carbocycles. The van der Waals surface area contributed by atoms with Gasteiger partial charge in [-0.3, -0.25) is 4.79 Å². The Labute approximate surface area is 98.2 Å². The number of amides is 2. The Morgan fingerprint density at radius 1 is 1.35 bits per heavy atom. The van der Waals surface area contributed by atoms with Gasteiger partial charge in [-0.25, -0.2) is 17.9 Å². The fraction of sp³-hybridized carbons (Fsp3) is 0.111.